The van der Waals surface area contributed by atoms with Gasteiger partial charge in [0.2, 0.25) is 5.70 Å². The van der Waals surface area contributed by atoms with Crippen LogP contribution in [0.4, 0.5) is 23.7 Å². The van der Waals surface area contributed by atoms with E-state index in [0.29, 0.717) is 19.6 Å². The van der Waals surface area contributed by atoms with E-state index in [1.807, 2.05) is 6.07 Å². The highest BCUT2D eigenvalue weighted by Crippen LogP contribution is 2.39. The van der Waals surface area contributed by atoms with Gasteiger partial charge in [-0.3, -0.25) is 4.90 Å². The minimum Gasteiger partial charge on any atom is -0.381 e. The molecule has 2 aliphatic rings. The fourth-order valence-electron chi connectivity index (χ4n) is 4.81. The summed E-state index contributed by atoms with van der Waals surface area (Å²) in [6.45, 7) is 10.3. The lowest BCUT2D eigenvalue weighted by atomic mass is 9.98. The third-order valence-corrected chi connectivity index (χ3v) is 8.72. The van der Waals surface area contributed by atoms with Gasteiger partial charge in [-0.15, -0.1) is 0 Å². The minimum absolute atomic E-state index is 0.0578. The Hall–Kier alpha value is -3.87. The van der Waals surface area contributed by atoms with Crippen molar-refractivity contribution >= 4 is 21.6 Å². The first-order valence-corrected chi connectivity index (χ1v) is 13.8. The number of hydrogen-bond acceptors (Lipinski definition) is 5. The molecule has 0 bridgehead atoms. The monoisotopic (exact) mass is 558 g/mol. The number of alkyl halides is 3. The predicted molar refractivity (Wildman–Crippen MR) is 136 cm³/mol. The average Bonchev–Trinajstić information content (AvgIpc) is 2.91. The standard InChI is InChI=1S/C27H25F3N4O4S/c1-17-24(32-2)25(33-26(35)34(17)21-5-3-4-20(15-21)27(28,29)30)22-7-6-19(16-31)14-23(22)39(36,37)13-10-18-8-11-38-12-9-18/h3-7,14-15,18,25H,8-13H2,1H3,(H,33,35)/t25-/m1/s1. The summed E-state index contributed by atoms with van der Waals surface area (Å²) in [5.74, 6) is -0.0143. The van der Waals surface area contributed by atoms with Crippen LogP contribution >= 0.6 is 0 Å². The summed E-state index contributed by atoms with van der Waals surface area (Å²) in [7, 11) is -3.93. The Balaban J connectivity index is 1.75. The number of rotatable bonds is 6. The van der Waals surface area contributed by atoms with Crippen LogP contribution in [0.2, 0.25) is 0 Å². The second-order valence-electron chi connectivity index (χ2n) is 9.38. The van der Waals surface area contributed by atoms with Crippen molar-refractivity contribution in [3.05, 3.63) is 82.0 Å². The molecule has 2 heterocycles. The number of urea groups is 1. The molecule has 0 aromatic heterocycles. The van der Waals surface area contributed by atoms with E-state index in [9.17, 15) is 31.6 Å². The van der Waals surface area contributed by atoms with E-state index in [-0.39, 0.29) is 44.8 Å². The van der Waals surface area contributed by atoms with Crippen molar-refractivity contribution in [2.45, 2.75) is 43.3 Å². The van der Waals surface area contributed by atoms with Crippen molar-refractivity contribution in [2.24, 2.45) is 5.92 Å². The molecule has 2 aromatic rings. The molecule has 0 saturated carbocycles. The highest BCUT2D eigenvalue weighted by molar-refractivity contribution is 7.91. The summed E-state index contributed by atoms with van der Waals surface area (Å²) in [4.78, 5) is 17.5. The van der Waals surface area contributed by atoms with Crippen LogP contribution in [0, 0.1) is 23.8 Å². The molecule has 39 heavy (non-hydrogen) atoms. The number of carbonyl (C=O) groups excluding carboxylic acids is 1. The number of nitrogens with zero attached hydrogens (tertiary/aromatic N) is 3. The molecule has 2 amide bonds. The lowest BCUT2D eigenvalue weighted by Crippen LogP contribution is -2.46. The number of sulfone groups is 1. The van der Waals surface area contributed by atoms with Crippen LogP contribution in [0.3, 0.4) is 0 Å². The van der Waals surface area contributed by atoms with Gasteiger partial charge in [0.05, 0.1) is 40.5 Å². The summed E-state index contributed by atoms with van der Waals surface area (Å²) < 4.78 is 72.2. The first-order valence-electron chi connectivity index (χ1n) is 12.2. The maximum Gasteiger partial charge on any atom is 0.416 e. The van der Waals surface area contributed by atoms with E-state index in [1.165, 1.54) is 31.2 Å². The molecule has 0 spiro atoms. The zero-order valence-electron chi connectivity index (χ0n) is 21.0. The number of anilines is 1. The van der Waals surface area contributed by atoms with E-state index >= 15 is 0 Å². The molecule has 4 rings (SSSR count). The van der Waals surface area contributed by atoms with Crippen LogP contribution in [-0.4, -0.2) is 33.4 Å². The third kappa shape index (κ3) is 5.92. The van der Waals surface area contributed by atoms with E-state index in [4.69, 9.17) is 11.3 Å². The molecule has 1 fully saturated rings. The minimum atomic E-state index is -4.64. The number of nitrogens with one attached hydrogen (secondary N) is 1. The Bertz CT molecular complexity index is 1500. The summed E-state index contributed by atoms with van der Waals surface area (Å²) in [5, 5.41) is 12.0. The fourth-order valence-corrected chi connectivity index (χ4v) is 6.53. The van der Waals surface area contributed by atoms with Crippen LogP contribution < -0.4 is 10.2 Å². The van der Waals surface area contributed by atoms with Crippen LogP contribution in [0.5, 0.6) is 0 Å². The van der Waals surface area contributed by atoms with Crippen molar-refractivity contribution < 1.29 is 31.1 Å². The van der Waals surface area contributed by atoms with Crippen molar-refractivity contribution in [1.82, 2.24) is 5.32 Å². The molecule has 12 heteroatoms. The molecule has 204 valence electrons. The molecule has 1 saturated heterocycles. The van der Waals surface area contributed by atoms with Gasteiger partial charge >= 0.3 is 12.2 Å². The van der Waals surface area contributed by atoms with E-state index < -0.39 is 33.6 Å². The Morgan fingerprint density at radius 3 is 2.56 bits per heavy atom. The van der Waals surface area contributed by atoms with Gasteiger partial charge in [0, 0.05) is 24.6 Å². The van der Waals surface area contributed by atoms with Gasteiger partial charge in [-0.1, -0.05) is 12.1 Å². The average molecular weight is 559 g/mol. The molecule has 0 radical (unpaired) electrons. The van der Waals surface area contributed by atoms with Gasteiger partial charge in [-0.2, -0.15) is 18.4 Å². The molecule has 8 nitrogen and oxygen atoms in total. The van der Waals surface area contributed by atoms with Crippen LogP contribution in [-0.2, 0) is 20.8 Å². The highest BCUT2D eigenvalue weighted by Gasteiger charge is 2.38. The lowest BCUT2D eigenvalue weighted by molar-refractivity contribution is -0.137. The summed E-state index contributed by atoms with van der Waals surface area (Å²) in [5.41, 5.74) is -0.837. The number of halogens is 3. The molecule has 0 aliphatic carbocycles. The van der Waals surface area contributed by atoms with E-state index in [1.54, 1.807) is 0 Å². The fraction of sp³-hybridized carbons (Fsp3) is 0.370. The summed E-state index contributed by atoms with van der Waals surface area (Å²) >= 11 is 0. The van der Waals surface area contributed by atoms with E-state index in [2.05, 4.69) is 10.2 Å². The largest absolute Gasteiger partial charge is 0.416 e. The smallest absolute Gasteiger partial charge is 0.381 e. The second-order valence-corrected chi connectivity index (χ2v) is 11.5. The third-order valence-electron chi connectivity index (χ3n) is 6.93. The molecule has 2 aliphatic heterocycles. The molecule has 2 aromatic carbocycles. The van der Waals surface area contributed by atoms with Crippen molar-refractivity contribution in [1.29, 1.82) is 5.26 Å². The van der Waals surface area contributed by atoms with Gasteiger partial charge in [0.15, 0.2) is 9.84 Å². The molecule has 1 atom stereocenters. The molecular weight excluding hydrogens is 533 g/mol. The highest BCUT2D eigenvalue weighted by atomic mass is 32.2. The SMILES string of the molecule is [C-]#[N+]C1=C(C)N(c2cccc(C(F)(F)F)c2)C(=O)N[C@@H]1c1ccc(C#N)cc1S(=O)(=O)CCC1CCOCC1. The number of hydrogen-bond donors (Lipinski definition) is 1. The number of allylic oxidation sites excluding steroid dienone is 1. The Labute approximate surface area is 224 Å². The van der Waals surface area contributed by atoms with Gasteiger partial charge in [0.25, 0.3) is 0 Å². The normalized spacial score (nSPS) is 18.9. The van der Waals surface area contributed by atoms with Gasteiger partial charge in [-0.25, -0.2) is 18.1 Å². The Kier molecular flexibility index (Phi) is 8.00. The Morgan fingerprint density at radius 1 is 1.21 bits per heavy atom. The maximum atomic E-state index is 13.5. The first-order chi connectivity index (χ1) is 18.5. The number of ether oxygens (including phenoxy) is 1. The topological polar surface area (TPSA) is 104 Å². The predicted octanol–water partition coefficient (Wildman–Crippen LogP) is 5.59. The zero-order chi connectivity index (χ0) is 28.4. The number of nitriles is 1. The Morgan fingerprint density at radius 2 is 1.92 bits per heavy atom. The second kappa shape index (κ2) is 11.1. The quantitative estimate of drug-likeness (QED) is 0.466. The van der Waals surface area contributed by atoms with Crippen molar-refractivity contribution in [3.63, 3.8) is 0 Å². The molecular formula is C27H25F3N4O4S. The zero-order valence-corrected chi connectivity index (χ0v) is 21.8. The maximum absolute atomic E-state index is 13.5. The lowest BCUT2D eigenvalue weighted by Gasteiger charge is -2.35. The van der Waals surface area contributed by atoms with Crippen LogP contribution in [0.1, 0.15) is 48.9 Å². The van der Waals surface area contributed by atoms with Crippen molar-refractivity contribution in [2.75, 3.05) is 23.9 Å². The van der Waals surface area contributed by atoms with Crippen LogP contribution in [0.25, 0.3) is 4.85 Å². The first kappa shape index (κ1) is 28.1. The number of benzene rings is 2. The number of carbonyl (C=O) groups is 1. The van der Waals surface area contributed by atoms with Gasteiger partial charge < -0.3 is 10.1 Å². The van der Waals surface area contributed by atoms with Gasteiger partial charge in [-0.05, 0) is 68.0 Å². The summed E-state index contributed by atoms with van der Waals surface area (Å²) in [6.07, 6.45) is -2.75. The van der Waals surface area contributed by atoms with Crippen LogP contribution in [0.15, 0.2) is 58.8 Å². The van der Waals surface area contributed by atoms with Gasteiger partial charge in [0.1, 0.15) is 0 Å². The van der Waals surface area contributed by atoms with E-state index in [0.717, 1.165) is 35.9 Å². The van der Waals surface area contributed by atoms with Crippen molar-refractivity contribution in [3.8, 4) is 6.07 Å². The summed E-state index contributed by atoms with van der Waals surface area (Å²) in [6, 6.07) is 8.09. The molecule has 1 N–H and O–H groups in total. The number of amides is 2. The molecule has 0 unspecified atom stereocenters.